The van der Waals surface area contributed by atoms with E-state index in [4.69, 9.17) is 0 Å². The first-order chi connectivity index (χ1) is 10.4. The Kier molecular flexibility index (Phi) is 3.55. The van der Waals surface area contributed by atoms with Crippen molar-refractivity contribution in [2.45, 2.75) is 46.0 Å². The van der Waals surface area contributed by atoms with E-state index in [9.17, 15) is 4.79 Å². The van der Waals surface area contributed by atoms with Crippen molar-refractivity contribution in [2.75, 3.05) is 5.32 Å². The van der Waals surface area contributed by atoms with Crippen LogP contribution in [-0.2, 0) is 10.2 Å². The Balaban J connectivity index is 1.89. The van der Waals surface area contributed by atoms with Crippen LogP contribution in [0, 0.1) is 12.8 Å². The van der Waals surface area contributed by atoms with Crippen LogP contribution in [0.25, 0.3) is 11.3 Å². The molecule has 1 heterocycles. The number of aromatic amines is 1. The van der Waals surface area contributed by atoms with Gasteiger partial charge in [-0.1, -0.05) is 45.0 Å². The molecule has 22 heavy (non-hydrogen) atoms. The molecular formula is C18H23N3O. The number of aromatic nitrogens is 2. The minimum Gasteiger partial charge on any atom is -0.322 e. The zero-order valence-electron chi connectivity index (χ0n) is 13.7. The van der Waals surface area contributed by atoms with Crippen LogP contribution in [0.2, 0.25) is 0 Å². The van der Waals surface area contributed by atoms with Crippen LogP contribution < -0.4 is 5.32 Å². The monoisotopic (exact) mass is 297 g/mol. The van der Waals surface area contributed by atoms with E-state index in [0.29, 0.717) is 0 Å². The Hall–Kier alpha value is -2.10. The predicted molar refractivity (Wildman–Crippen MR) is 88.8 cm³/mol. The highest BCUT2D eigenvalue weighted by molar-refractivity contribution is 5.97. The lowest BCUT2D eigenvalue weighted by Gasteiger charge is -2.19. The summed E-state index contributed by atoms with van der Waals surface area (Å²) < 4.78 is 0. The van der Waals surface area contributed by atoms with Crippen LogP contribution in [0.3, 0.4) is 0 Å². The number of rotatable bonds is 3. The first-order valence-corrected chi connectivity index (χ1v) is 7.83. The topological polar surface area (TPSA) is 57.8 Å². The Labute approximate surface area is 131 Å². The number of carbonyl (C=O) groups excluding carboxylic acids is 1. The summed E-state index contributed by atoms with van der Waals surface area (Å²) in [6, 6.07) is 8.41. The number of anilines is 1. The second-order valence-electron chi connectivity index (χ2n) is 7.16. The molecule has 1 aromatic carbocycles. The average Bonchev–Trinajstić information content (AvgIpc) is 3.25. The molecule has 2 aromatic rings. The predicted octanol–water partition coefficient (Wildman–Crippen LogP) is 4.03. The third-order valence-corrected chi connectivity index (χ3v) is 4.17. The van der Waals surface area contributed by atoms with Crippen molar-refractivity contribution in [2.24, 2.45) is 5.92 Å². The molecule has 0 bridgehead atoms. The summed E-state index contributed by atoms with van der Waals surface area (Å²) in [6.07, 6.45) is 2.00. The van der Waals surface area contributed by atoms with E-state index in [1.54, 1.807) is 0 Å². The van der Waals surface area contributed by atoms with E-state index >= 15 is 0 Å². The van der Waals surface area contributed by atoms with Gasteiger partial charge in [0.2, 0.25) is 5.91 Å². The zero-order chi connectivity index (χ0) is 15.9. The van der Waals surface area contributed by atoms with Crippen LogP contribution >= 0.6 is 0 Å². The van der Waals surface area contributed by atoms with E-state index in [1.165, 1.54) is 5.56 Å². The van der Waals surface area contributed by atoms with Crippen LogP contribution in [0.1, 0.15) is 44.9 Å². The number of hydrogen-bond acceptors (Lipinski definition) is 2. The van der Waals surface area contributed by atoms with Crippen molar-refractivity contribution in [1.82, 2.24) is 10.2 Å². The van der Waals surface area contributed by atoms with E-state index in [2.05, 4.69) is 60.6 Å². The van der Waals surface area contributed by atoms with Gasteiger partial charge in [0, 0.05) is 11.5 Å². The number of nitrogens with zero attached hydrogens (tertiary/aromatic N) is 1. The number of amides is 1. The number of hydrogen-bond donors (Lipinski definition) is 2. The average molecular weight is 297 g/mol. The second-order valence-corrected chi connectivity index (χ2v) is 7.16. The van der Waals surface area contributed by atoms with Gasteiger partial charge in [0.25, 0.3) is 0 Å². The molecule has 1 aromatic heterocycles. The van der Waals surface area contributed by atoms with Crippen LogP contribution in [-0.4, -0.2) is 16.1 Å². The maximum atomic E-state index is 12.0. The number of benzene rings is 1. The summed E-state index contributed by atoms with van der Waals surface area (Å²) in [4.78, 5) is 12.0. The van der Waals surface area contributed by atoms with Gasteiger partial charge < -0.3 is 5.32 Å². The van der Waals surface area contributed by atoms with Crippen molar-refractivity contribution < 1.29 is 4.79 Å². The molecule has 2 N–H and O–H groups in total. The molecule has 0 saturated heterocycles. The molecule has 0 unspecified atom stereocenters. The third kappa shape index (κ3) is 2.91. The van der Waals surface area contributed by atoms with Crippen molar-refractivity contribution in [3.8, 4) is 11.3 Å². The molecule has 116 valence electrons. The van der Waals surface area contributed by atoms with Gasteiger partial charge in [0.15, 0.2) is 0 Å². The number of nitrogens with one attached hydrogen (secondary N) is 2. The zero-order valence-corrected chi connectivity index (χ0v) is 13.7. The van der Waals surface area contributed by atoms with Gasteiger partial charge in [0.1, 0.15) is 5.69 Å². The molecule has 1 aliphatic carbocycles. The Morgan fingerprint density at radius 3 is 2.41 bits per heavy atom. The fourth-order valence-corrected chi connectivity index (χ4v) is 2.49. The molecule has 1 amide bonds. The van der Waals surface area contributed by atoms with Gasteiger partial charge in [-0.2, -0.15) is 5.10 Å². The Morgan fingerprint density at radius 1 is 1.23 bits per heavy atom. The van der Waals surface area contributed by atoms with Gasteiger partial charge >= 0.3 is 0 Å². The number of carbonyl (C=O) groups is 1. The number of H-pyrrole nitrogens is 1. The van der Waals surface area contributed by atoms with E-state index in [1.807, 2.05) is 6.92 Å². The SMILES string of the molecule is Cc1[nH]nc(-c2ccc(C(C)(C)C)cc2)c1NC(=O)C1CC1. The highest BCUT2D eigenvalue weighted by Crippen LogP contribution is 2.34. The summed E-state index contributed by atoms with van der Waals surface area (Å²) in [6.45, 7) is 8.52. The second kappa shape index (κ2) is 5.27. The summed E-state index contributed by atoms with van der Waals surface area (Å²) in [5.74, 6) is 0.294. The first kappa shape index (κ1) is 14.8. The lowest BCUT2D eigenvalue weighted by molar-refractivity contribution is -0.117. The summed E-state index contributed by atoms with van der Waals surface area (Å²) in [5.41, 5.74) is 4.94. The molecule has 1 saturated carbocycles. The molecule has 0 atom stereocenters. The third-order valence-electron chi connectivity index (χ3n) is 4.17. The molecule has 3 rings (SSSR count). The summed E-state index contributed by atoms with van der Waals surface area (Å²) >= 11 is 0. The van der Waals surface area contributed by atoms with Crippen LogP contribution in [0.4, 0.5) is 5.69 Å². The molecule has 1 aliphatic rings. The van der Waals surface area contributed by atoms with Crippen molar-refractivity contribution in [3.05, 3.63) is 35.5 Å². The molecule has 0 spiro atoms. The van der Waals surface area contributed by atoms with Gasteiger partial charge in [-0.05, 0) is 30.7 Å². The molecule has 4 nitrogen and oxygen atoms in total. The van der Waals surface area contributed by atoms with Crippen LogP contribution in [0.5, 0.6) is 0 Å². The normalized spacial score (nSPS) is 14.9. The largest absolute Gasteiger partial charge is 0.322 e. The van der Waals surface area contributed by atoms with Gasteiger partial charge in [0.05, 0.1) is 11.4 Å². The molecule has 0 aliphatic heterocycles. The highest BCUT2D eigenvalue weighted by atomic mass is 16.2. The smallest absolute Gasteiger partial charge is 0.227 e. The van der Waals surface area contributed by atoms with Crippen LogP contribution in [0.15, 0.2) is 24.3 Å². The molecule has 0 radical (unpaired) electrons. The van der Waals surface area contributed by atoms with E-state index in [-0.39, 0.29) is 17.2 Å². The Morgan fingerprint density at radius 2 is 1.86 bits per heavy atom. The van der Waals surface area contributed by atoms with Crippen molar-refractivity contribution in [1.29, 1.82) is 0 Å². The van der Waals surface area contributed by atoms with Gasteiger partial charge in [-0.3, -0.25) is 9.89 Å². The fraction of sp³-hybridized carbons (Fsp3) is 0.444. The van der Waals surface area contributed by atoms with Gasteiger partial charge in [-0.25, -0.2) is 0 Å². The quantitative estimate of drug-likeness (QED) is 0.898. The lowest BCUT2D eigenvalue weighted by atomic mass is 9.86. The first-order valence-electron chi connectivity index (χ1n) is 7.83. The highest BCUT2D eigenvalue weighted by Gasteiger charge is 2.30. The maximum absolute atomic E-state index is 12.0. The summed E-state index contributed by atoms with van der Waals surface area (Å²) in [7, 11) is 0. The minimum atomic E-state index is 0.108. The Bertz CT molecular complexity index is 688. The fourth-order valence-electron chi connectivity index (χ4n) is 2.49. The van der Waals surface area contributed by atoms with E-state index < -0.39 is 0 Å². The number of aryl methyl sites for hydroxylation is 1. The summed E-state index contributed by atoms with van der Waals surface area (Å²) in [5, 5.41) is 10.4. The molecular weight excluding hydrogens is 274 g/mol. The van der Waals surface area contributed by atoms with E-state index in [0.717, 1.165) is 35.5 Å². The van der Waals surface area contributed by atoms with Crippen molar-refractivity contribution in [3.63, 3.8) is 0 Å². The lowest BCUT2D eigenvalue weighted by Crippen LogP contribution is -2.14. The maximum Gasteiger partial charge on any atom is 0.227 e. The molecule has 4 heteroatoms. The van der Waals surface area contributed by atoms with Crippen molar-refractivity contribution >= 4 is 11.6 Å². The molecule has 1 fully saturated rings. The standard InChI is InChI=1S/C18H23N3O/c1-11-15(19-17(22)13-5-6-13)16(21-20-11)12-7-9-14(10-8-12)18(2,3)4/h7-10,13H,5-6H2,1-4H3,(H,19,22)(H,20,21). The minimum absolute atomic E-state index is 0.108. The van der Waals surface area contributed by atoms with Gasteiger partial charge in [-0.15, -0.1) is 0 Å².